The third kappa shape index (κ3) is 3.13. The van der Waals surface area contributed by atoms with Crippen molar-refractivity contribution in [3.63, 3.8) is 0 Å². The van der Waals surface area contributed by atoms with Crippen LogP contribution < -0.4 is 4.90 Å². The monoisotopic (exact) mass is 369 g/mol. The van der Waals surface area contributed by atoms with Gasteiger partial charge in [-0.1, -0.05) is 0 Å². The molecule has 112 valence electrons. The van der Waals surface area contributed by atoms with Crippen LogP contribution in [0.25, 0.3) is 0 Å². The molecule has 0 amide bonds. The molecule has 0 bridgehead atoms. The van der Waals surface area contributed by atoms with Crippen molar-refractivity contribution in [2.24, 2.45) is 0 Å². The molecule has 0 N–H and O–H groups in total. The summed E-state index contributed by atoms with van der Waals surface area (Å²) in [6.07, 6.45) is 6.87. The van der Waals surface area contributed by atoms with Crippen LogP contribution in [0.3, 0.4) is 0 Å². The number of fused-ring (bicyclic) bond motifs is 1. The summed E-state index contributed by atoms with van der Waals surface area (Å²) >= 11 is 3.39. The molecule has 3 rings (SSSR count). The minimum atomic E-state index is -3.15. The topological polar surface area (TPSA) is 55.2 Å². The van der Waals surface area contributed by atoms with E-state index in [0.29, 0.717) is 11.6 Å². The van der Waals surface area contributed by atoms with Gasteiger partial charge in [-0.15, -0.1) is 0 Å². The molecule has 0 aliphatic carbocycles. The lowest BCUT2D eigenvalue weighted by Crippen LogP contribution is -2.31. The Balaban J connectivity index is 1.91. The van der Waals surface area contributed by atoms with Crippen LogP contribution in [0.4, 0.5) is 5.69 Å². The van der Waals surface area contributed by atoms with E-state index in [1.54, 1.807) is 18.3 Å². The zero-order chi connectivity index (χ0) is 15.0. The Bertz CT molecular complexity index is 770. The molecular formula is C14H16BrN3O2S. The fourth-order valence-electron chi connectivity index (χ4n) is 2.62. The van der Waals surface area contributed by atoms with Crippen LogP contribution in [0.15, 0.2) is 40.0 Å². The first-order chi connectivity index (χ1) is 9.93. The third-order valence-electron chi connectivity index (χ3n) is 3.61. The zero-order valence-electron chi connectivity index (χ0n) is 11.7. The second-order valence-electron chi connectivity index (χ2n) is 5.27. The fraction of sp³-hybridized carbons (Fsp3) is 0.357. The van der Waals surface area contributed by atoms with E-state index in [1.807, 2.05) is 16.9 Å². The van der Waals surface area contributed by atoms with Crippen molar-refractivity contribution in [3.05, 3.63) is 40.6 Å². The van der Waals surface area contributed by atoms with E-state index in [9.17, 15) is 8.42 Å². The van der Waals surface area contributed by atoms with Crippen molar-refractivity contribution >= 4 is 31.5 Å². The summed E-state index contributed by atoms with van der Waals surface area (Å²) < 4.78 is 26.1. The molecule has 2 aromatic rings. The second-order valence-corrected chi connectivity index (χ2v) is 8.20. The van der Waals surface area contributed by atoms with E-state index >= 15 is 0 Å². The molecule has 0 unspecified atom stereocenters. The summed E-state index contributed by atoms with van der Waals surface area (Å²) in [4.78, 5) is 2.62. The van der Waals surface area contributed by atoms with Gasteiger partial charge < -0.3 is 4.90 Å². The van der Waals surface area contributed by atoms with Crippen LogP contribution in [-0.2, 0) is 22.9 Å². The minimum absolute atomic E-state index is 0.393. The van der Waals surface area contributed by atoms with Crippen molar-refractivity contribution in [2.75, 3.05) is 17.7 Å². The number of anilines is 1. The number of benzene rings is 1. The second kappa shape index (κ2) is 5.46. The molecule has 0 saturated heterocycles. The fourth-order valence-corrected chi connectivity index (χ4v) is 3.62. The summed E-state index contributed by atoms with van der Waals surface area (Å²) in [5.74, 6) is 0. The SMILES string of the molecule is CS(=O)(=O)c1ccc2c(c1)CCCN2Cn1cc(Br)cn1. The smallest absolute Gasteiger partial charge is 0.175 e. The quantitative estimate of drug-likeness (QED) is 0.833. The summed E-state index contributed by atoms with van der Waals surface area (Å²) in [6, 6.07) is 5.39. The molecule has 21 heavy (non-hydrogen) atoms. The Morgan fingerprint density at radius 1 is 1.38 bits per heavy atom. The molecular weight excluding hydrogens is 354 g/mol. The highest BCUT2D eigenvalue weighted by Gasteiger charge is 2.19. The highest BCUT2D eigenvalue weighted by Crippen LogP contribution is 2.29. The number of hydrogen-bond acceptors (Lipinski definition) is 4. The van der Waals surface area contributed by atoms with Crippen LogP contribution in [0.1, 0.15) is 12.0 Å². The van der Waals surface area contributed by atoms with Crippen LogP contribution in [-0.4, -0.2) is 31.0 Å². The van der Waals surface area contributed by atoms with Crippen molar-refractivity contribution in [1.29, 1.82) is 0 Å². The molecule has 0 atom stereocenters. The highest BCUT2D eigenvalue weighted by molar-refractivity contribution is 9.10. The summed E-state index contributed by atoms with van der Waals surface area (Å²) in [5.41, 5.74) is 2.19. The van der Waals surface area contributed by atoms with Gasteiger partial charge in [0.1, 0.15) is 6.67 Å². The lowest BCUT2D eigenvalue weighted by molar-refractivity contribution is 0.552. The van der Waals surface area contributed by atoms with Gasteiger partial charge in [-0.3, -0.25) is 4.68 Å². The number of aryl methyl sites for hydroxylation is 1. The van der Waals surface area contributed by atoms with Gasteiger partial charge >= 0.3 is 0 Å². The van der Waals surface area contributed by atoms with E-state index in [0.717, 1.165) is 35.1 Å². The van der Waals surface area contributed by atoms with Gasteiger partial charge in [-0.25, -0.2) is 8.42 Å². The van der Waals surface area contributed by atoms with Crippen molar-refractivity contribution in [2.45, 2.75) is 24.4 Å². The Morgan fingerprint density at radius 2 is 2.19 bits per heavy atom. The van der Waals surface area contributed by atoms with Gasteiger partial charge in [0.25, 0.3) is 0 Å². The first-order valence-corrected chi connectivity index (χ1v) is 9.38. The predicted octanol–water partition coefficient (Wildman–Crippen LogP) is 2.46. The molecule has 5 nitrogen and oxygen atoms in total. The van der Waals surface area contributed by atoms with Gasteiger partial charge in [-0.2, -0.15) is 5.10 Å². The van der Waals surface area contributed by atoms with Crippen LogP contribution >= 0.6 is 15.9 Å². The first-order valence-electron chi connectivity index (χ1n) is 6.69. The Labute approximate surface area is 132 Å². The van der Waals surface area contributed by atoms with Gasteiger partial charge in [0.15, 0.2) is 9.84 Å². The third-order valence-corrected chi connectivity index (χ3v) is 5.13. The average Bonchev–Trinajstić information content (AvgIpc) is 2.83. The van der Waals surface area contributed by atoms with E-state index in [4.69, 9.17) is 0 Å². The Kier molecular flexibility index (Phi) is 3.79. The van der Waals surface area contributed by atoms with Gasteiger partial charge in [0, 0.05) is 24.7 Å². The standard InChI is InChI=1S/C14H16BrN3O2S/c1-21(19,20)13-4-5-14-11(7-13)3-2-6-17(14)10-18-9-12(15)8-16-18/h4-5,7-9H,2-3,6,10H2,1H3. The molecule has 0 spiro atoms. The molecule has 2 heterocycles. The van der Waals surface area contributed by atoms with E-state index in [-0.39, 0.29) is 0 Å². The maximum Gasteiger partial charge on any atom is 0.175 e. The number of nitrogens with zero attached hydrogens (tertiary/aromatic N) is 3. The predicted molar refractivity (Wildman–Crippen MR) is 85.1 cm³/mol. The van der Waals surface area contributed by atoms with Crippen LogP contribution in [0, 0.1) is 0 Å². The Morgan fingerprint density at radius 3 is 2.86 bits per heavy atom. The molecule has 1 aromatic heterocycles. The van der Waals surface area contributed by atoms with Crippen LogP contribution in [0.5, 0.6) is 0 Å². The molecule has 0 fully saturated rings. The van der Waals surface area contributed by atoms with E-state index in [2.05, 4.69) is 25.9 Å². The lowest BCUT2D eigenvalue weighted by atomic mass is 10.0. The van der Waals surface area contributed by atoms with Crippen LogP contribution in [0.2, 0.25) is 0 Å². The number of hydrogen-bond donors (Lipinski definition) is 0. The maximum atomic E-state index is 11.7. The molecule has 1 aliphatic rings. The van der Waals surface area contributed by atoms with E-state index < -0.39 is 9.84 Å². The molecule has 1 aliphatic heterocycles. The summed E-state index contributed by atoms with van der Waals surface area (Å²) in [5, 5.41) is 4.27. The molecule has 1 aromatic carbocycles. The molecule has 0 radical (unpaired) electrons. The maximum absolute atomic E-state index is 11.7. The number of sulfone groups is 1. The minimum Gasteiger partial charge on any atom is -0.352 e. The van der Waals surface area contributed by atoms with Gasteiger partial charge in [0.2, 0.25) is 0 Å². The summed E-state index contributed by atoms with van der Waals surface area (Å²) in [6.45, 7) is 1.61. The normalized spacial score (nSPS) is 15.0. The Hall–Kier alpha value is -1.34. The number of aromatic nitrogens is 2. The van der Waals surface area contributed by atoms with Crippen molar-refractivity contribution < 1.29 is 8.42 Å². The van der Waals surface area contributed by atoms with Crippen molar-refractivity contribution in [1.82, 2.24) is 9.78 Å². The summed E-state index contributed by atoms with van der Waals surface area (Å²) in [7, 11) is -3.15. The molecule has 0 saturated carbocycles. The largest absolute Gasteiger partial charge is 0.352 e. The molecule has 7 heteroatoms. The average molecular weight is 370 g/mol. The first kappa shape index (κ1) is 14.6. The number of halogens is 1. The number of rotatable bonds is 3. The van der Waals surface area contributed by atoms with Gasteiger partial charge in [0.05, 0.1) is 15.6 Å². The lowest BCUT2D eigenvalue weighted by Gasteiger charge is -2.31. The van der Waals surface area contributed by atoms with E-state index in [1.165, 1.54) is 6.26 Å². The highest BCUT2D eigenvalue weighted by atomic mass is 79.9. The van der Waals surface area contributed by atoms with Crippen molar-refractivity contribution in [3.8, 4) is 0 Å². The zero-order valence-corrected chi connectivity index (χ0v) is 14.1. The van der Waals surface area contributed by atoms with Gasteiger partial charge in [-0.05, 0) is 52.5 Å².